The molecule has 0 aromatic rings. The van der Waals surface area contributed by atoms with Crippen LogP contribution in [0.3, 0.4) is 0 Å². The number of hydrogen-bond acceptors (Lipinski definition) is 7. The van der Waals surface area contributed by atoms with Gasteiger partial charge in [0, 0.05) is 12.5 Å². The minimum absolute atomic E-state index is 0.0293. The zero-order valence-corrected chi connectivity index (χ0v) is 28.0. The van der Waals surface area contributed by atoms with Crippen LogP contribution in [0.2, 0.25) is 18.1 Å². The van der Waals surface area contributed by atoms with E-state index in [0.29, 0.717) is 13.0 Å². The van der Waals surface area contributed by atoms with Gasteiger partial charge in [0.1, 0.15) is 17.8 Å². The number of primary amides is 1. The van der Waals surface area contributed by atoms with Crippen LogP contribution < -0.4 is 11.1 Å². The fourth-order valence-corrected chi connectivity index (χ4v) is 6.80. The molecule has 0 radical (unpaired) electrons. The number of rotatable bonds is 11. The van der Waals surface area contributed by atoms with Crippen molar-refractivity contribution < 1.29 is 33.3 Å². The number of nitrogens with two attached hydrogens (primary N) is 1. The van der Waals surface area contributed by atoms with Crippen molar-refractivity contribution in [3.63, 3.8) is 0 Å². The molecule has 9 atom stereocenters. The third-order valence-electron chi connectivity index (χ3n) is 9.20. The number of nitrogens with one attached hydrogen (secondary N) is 1. The summed E-state index contributed by atoms with van der Waals surface area (Å²) in [7, 11) is -2.13. The Labute approximate surface area is 253 Å². The highest BCUT2D eigenvalue weighted by Crippen LogP contribution is 2.48. The Morgan fingerprint density at radius 2 is 1.88 bits per heavy atom. The van der Waals surface area contributed by atoms with Crippen molar-refractivity contribution in [3.8, 4) is 0 Å². The van der Waals surface area contributed by atoms with Crippen molar-refractivity contribution in [3.05, 3.63) is 36.0 Å². The van der Waals surface area contributed by atoms with E-state index < -0.39 is 20.0 Å². The molecule has 4 N–H and O–H groups in total. The maximum atomic E-state index is 12.2. The number of carbonyl (C=O) groups excluding carboxylic acids is 2. The summed E-state index contributed by atoms with van der Waals surface area (Å²) in [6.45, 7) is 19.5. The second kappa shape index (κ2) is 13.9. The van der Waals surface area contributed by atoms with Crippen molar-refractivity contribution in [2.75, 3.05) is 6.61 Å². The van der Waals surface area contributed by atoms with E-state index in [1.54, 1.807) is 6.92 Å². The zero-order chi connectivity index (χ0) is 31.5. The van der Waals surface area contributed by atoms with Gasteiger partial charge in [-0.05, 0) is 57.7 Å². The Morgan fingerprint density at radius 3 is 2.45 bits per heavy atom. The average Bonchev–Trinajstić information content (AvgIpc) is 3.63. The maximum Gasteiger partial charge on any atom is 0.244 e. The van der Waals surface area contributed by atoms with Gasteiger partial charge in [-0.2, -0.15) is 0 Å². The molecular weight excluding hydrogens is 552 g/mol. The number of carbonyl (C=O) groups is 2. The van der Waals surface area contributed by atoms with Gasteiger partial charge < -0.3 is 34.8 Å². The van der Waals surface area contributed by atoms with Crippen LogP contribution in [0.15, 0.2) is 36.0 Å². The minimum atomic E-state index is -2.13. The van der Waals surface area contributed by atoms with Crippen molar-refractivity contribution in [1.82, 2.24) is 5.32 Å². The number of ether oxygens (including phenoxy) is 3. The molecule has 0 unspecified atom stereocenters. The van der Waals surface area contributed by atoms with Gasteiger partial charge in [0.25, 0.3) is 0 Å². The van der Waals surface area contributed by atoms with Crippen LogP contribution in [-0.4, -0.2) is 80.1 Å². The molecule has 2 amide bonds. The van der Waals surface area contributed by atoms with Crippen molar-refractivity contribution in [1.29, 1.82) is 0 Å². The van der Waals surface area contributed by atoms with Gasteiger partial charge in [-0.3, -0.25) is 9.59 Å². The Bertz CT molecular complexity index is 1040. The molecule has 0 saturated carbocycles. The molecule has 0 aromatic carbocycles. The maximum absolute atomic E-state index is 12.2. The number of aliphatic hydroxyl groups is 1. The predicted molar refractivity (Wildman–Crippen MR) is 166 cm³/mol. The van der Waals surface area contributed by atoms with E-state index in [2.05, 4.69) is 65.2 Å². The molecule has 0 aromatic heterocycles. The zero-order valence-electron chi connectivity index (χ0n) is 27.0. The summed E-state index contributed by atoms with van der Waals surface area (Å²) in [6.07, 6.45) is 9.75. The van der Waals surface area contributed by atoms with Gasteiger partial charge >= 0.3 is 0 Å². The first kappa shape index (κ1) is 34.7. The molecule has 3 aliphatic heterocycles. The van der Waals surface area contributed by atoms with Crippen molar-refractivity contribution in [2.24, 2.45) is 11.7 Å². The van der Waals surface area contributed by atoms with E-state index in [4.69, 9.17) is 24.4 Å². The first-order chi connectivity index (χ1) is 19.4. The molecule has 42 heavy (non-hydrogen) atoms. The normalized spacial score (nSPS) is 35.1. The van der Waals surface area contributed by atoms with E-state index >= 15 is 0 Å². The predicted octanol–water partition coefficient (Wildman–Crippen LogP) is 4.31. The quantitative estimate of drug-likeness (QED) is 0.138. The van der Waals surface area contributed by atoms with Crippen LogP contribution in [0.4, 0.5) is 0 Å². The molecule has 10 heteroatoms. The fraction of sp³-hybridized carbons (Fsp3) is 0.750. The first-order valence-electron chi connectivity index (χ1n) is 15.3. The molecule has 0 bridgehead atoms. The molecule has 238 valence electrons. The first-order valence-corrected chi connectivity index (χ1v) is 18.3. The summed E-state index contributed by atoms with van der Waals surface area (Å²) >= 11 is 0. The third-order valence-corrected chi connectivity index (χ3v) is 13.7. The van der Waals surface area contributed by atoms with Crippen molar-refractivity contribution >= 4 is 20.1 Å². The number of epoxide rings is 1. The summed E-state index contributed by atoms with van der Waals surface area (Å²) in [4.78, 5) is 23.9. The molecular formula is C32H54N2O7Si. The van der Waals surface area contributed by atoms with Gasteiger partial charge in [0.05, 0.1) is 43.5 Å². The third kappa shape index (κ3) is 9.34. The summed E-state index contributed by atoms with van der Waals surface area (Å²) in [5, 5.41) is 12.4. The Hall–Kier alpha value is -1.82. The highest BCUT2D eigenvalue weighted by atomic mass is 28.4. The number of allylic oxidation sites excluding steroid dienone is 2. The molecule has 3 fully saturated rings. The fourth-order valence-electron chi connectivity index (χ4n) is 5.46. The highest BCUT2D eigenvalue weighted by Gasteiger charge is 2.61. The Morgan fingerprint density at radius 1 is 1.21 bits per heavy atom. The van der Waals surface area contributed by atoms with Crippen LogP contribution >= 0.6 is 0 Å². The van der Waals surface area contributed by atoms with Gasteiger partial charge in [0.15, 0.2) is 8.32 Å². The molecule has 0 aliphatic carbocycles. The second-order valence-electron chi connectivity index (χ2n) is 14.1. The summed E-state index contributed by atoms with van der Waals surface area (Å²) in [5.74, 6) is -0.349. The lowest BCUT2D eigenvalue weighted by molar-refractivity contribution is -0.140. The van der Waals surface area contributed by atoms with E-state index in [1.165, 1.54) is 12.2 Å². The monoisotopic (exact) mass is 606 g/mol. The van der Waals surface area contributed by atoms with Gasteiger partial charge in [-0.15, -0.1) is 0 Å². The van der Waals surface area contributed by atoms with Crippen LogP contribution in [0.1, 0.15) is 74.1 Å². The average molecular weight is 607 g/mol. The molecule has 3 rings (SSSR count). The molecule has 1 spiro atoms. The number of aliphatic hydroxyl groups excluding tert-OH is 1. The topological polar surface area (TPSA) is 133 Å². The van der Waals surface area contributed by atoms with E-state index in [1.807, 2.05) is 13.0 Å². The Balaban J connectivity index is 1.67. The van der Waals surface area contributed by atoms with Gasteiger partial charge in [-0.25, -0.2) is 0 Å². The number of hydrogen-bond donors (Lipinski definition) is 3. The lowest BCUT2D eigenvalue weighted by atomic mass is 9.87. The molecule has 3 aliphatic rings. The van der Waals surface area contributed by atoms with Crippen LogP contribution in [0.5, 0.6) is 0 Å². The summed E-state index contributed by atoms with van der Waals surface area (Å²) in [5.41, 5.74) is 6.16. The van der Waals surface area contributed by atoms with Crippen molar-refractivity contribution in [2.45, 2.75) is 141 Å². The van der Waals surface area contributed by atoms with Gasteiger partial charge in [0.2, 0.25) is 11.8 Å². The SMILES string of the molecule is CC(/C=C/[C@H]1O[C@H](CC(N)=O)C[C@@]2(CO2)[C@@H]1O[Si](C)(C)C(C)(C)C)=C\C[C@@H]1O[C@H](C)[C@H](NC(=O)/C=C\[C@H](C)O)C[C@@H]1C. The van der Waals surface area contributed by atoms with E-state index in [0.717, 1.165) is 18.4 Å². The number of amides is 2. The van der Waals surface area contributed by atoms with Crippen LogP contribution in [-0.2, 0) is 28.2 Å². The Kier molecular flexibility index (Phi) is 11.4. The second-order valence-corrected chi connectivity index (χ2v) is 18.9. The standard InChI is InChI=1S/C32H54N2O7Si/c1-20(10-13-26-21(2)16-25(23(4)39-26)34-29(37)15-12-22(3)35)11-14-27-30(41-42(8,9)31(5,6)7)32(19-38-32)18-24(40-27)17-28(33)36/h10-12,14-15,21-27,30,35H,13,16-19H2,1-9H3,(H2,33,36)(H,34,37)/b14-11+,15-12-,20-10+/t21-,22-,23+,24+,25+,26-,27+,30+,32+/m0/s1. The van der Waals surface area contributed by atoms with E-state index in [-0.39, 0.29) is 65.8 Å². The molecule has 3 heterocycles. The highest BCUT2D eigenvalue weighted by molar-refractivity contribution is 6.74. The summed E-state index contributed by atoms with van der Waals surface area (Å²) in [6, 6.07) is -0.0843. The smallest absolute Gasteiger partial charge is 0.244 e. The van der Waals surface area contributed by atoms with E-state index in [9.17, 15) is 14.7 Å². The largest absolute Gasteiger partial charge is 0.408 e. The lowest BCUT2D eigenvalue weighted by Crippen LogP contribution is -2.57. The minimum Gasteiger partial charge on any atom is -0.408 e. The van der Waals surface area contributed by atoms with Gasteiger partial charge in [-0.1, -0.05) is 57.6 Å². The molecule has 3 saturated heterocycles. The van der Waals surface area contributed by atoms with Crippen LogP contribution in [0, 0.1) is 5.92 Å². The lowest BCUT2D eigenvalue weighted by Gasteiger charge is -2.46. The van der Waals surface area contributed by atoms with Crippen LogP contribution in [0.25, 0.3) is 0 Å². The molecule has 9 nitrogen and oxygen atoms in total. The summed E-state index contributed by atoms with van der Waals surface area (Å²) < 4.78 is 25.7.